The first kappa shape index (κ1) is 11.0. The molecule has 17 heavy (non-hydrogen) atoms. The summed E-state index contributed by atoms with van der Waals surface area (Å²) < 4.78 is 1.19. The Hall–Kier alpha value is -2.50. The fraction of sp³-hybridized carbons (Fsp3) is 0.0909. The van der Waals surface area contributed by atoms with Gasteiger partial charge in [0.25, 0.3) is 0 Å². The van der Waals surface area contributed by atoms with Crippen LogP contribution in [0.15, 0.2) is 30.3 Å². The van der Waals surface area contributed by atoms with Crippen molar-refractivity contribution in [2.75, 3.05) is 0 Å². The first-order valence-corrected chi connectivity index (χ1v) is 4.94. The van der Waals surface area contributed by atoms with Gasteiger partial charge in [-0.3, -0.25) is 0 Å². The number of hydrogen-bond donors (Lipinski definition) is 1. The van der Waals surface area contributed by atoms with Crippen LogP contribution in [0.25, 0.3) is 11.8 Å². The maximum absolute atomic E-state index is 11.2. The summed E-state index contributed by atoms with van der Waals surface area (Å²) in [5.74, 6) is -0.654. The van der Waals surface area contributed by atoms with E-state index in [9.17, 15) is 4.79 Å². The lowest BCUT2D eigenvalue weighted by atomic mass is 10.2. The van der Waals surface area contributed by atoms with Crippen molar-refractivity contribution in [2.45, 2.75) is 6.92 Å². The van der Waals surface area contributed by atoms with Crippen LogP contribution in [-0.2, 0) is 4.79 Å². The van der Waals surface area contributed by atoms with E-state index in [0.717, 1.165) is 5.56 Å². The molecule has 2 rings (SSSR count). The van der Waals surface area contributed by atoms with Gasteiger partial charge < -0.3 is 5.11 Å². The molecule has 1 heterocycles. The Bertz CT molecular complexity index is 560. The van der Waals surface area contributed by atoms with Gasteiger partial charge in [0.2, 0.25) is 0 Å². The molecule has 0 aliphatic rings. The molecule has 6 nitrogen and oxygen atoms in total. The number of nitrogens with zero attached hydrogens (tertiary/aromatic N) is 4. The average Bonchev–Trinajstić information content (AvgIpc) is 2.73. The molecule has 1 aromatic carbocycles. The molecule has 2 aromatic rings. The molecule has 0 spiro atoms. The smallest absolute Gasteiger partial charge is 0.354 e. The van der Waals surface area contributed by atoms with Crippen molar-refractivity contribution >= 4 is 17.7 Å². The molecule has 1 aromatic heterocycles. The van der Waals surface area contributed by atoms with Crippen molar-refractivity contribution in [1.82, 2.24) is 20.2 Å². The maximum Gasteiger partial charge on any atom is 0.354 e. The van der Waals surface area contributed by atoms with E-state index in [1.807, 2.05) is 30.3 Å². The van der Waals surface area contributed by atoms with Gasteiger partial charge in [-0.1, -0.05) is 30.3 Å². The Kier molecular flexibility index (Phi) is 2.95. The molecule has 0 aliphatic heterocycles. The number of aliphatic carboxylic acids is 1. The second kappa shape index (κ2) is 4.56. The third-order valence-corrected chi connectivity index (χ3v) is 2.18. The fourth-order valence-electron chi connectivity index (χ4n) is 1.37. The van der Waals surface area contributed by atoms with Gasteiger partial charge in [-0.05, 0) is 29.0 Å². The van der Waals surface area contributed by atoms with E-state index in [2.05, 4.69) is 15.5 Å². The van der Waals surface area contributed by atoms with Crippen LogP contribution < -0.4 is 0 Å². The Morgan fingerprint density at radius 1 is 1.35 bits per heavy atom. The van der Waals surface area contributed by atoms with Crippen LogP contribution in [0.3, 0.4) is 0 Å². The third kappa shape index (κ3) is 2.36. The van der Waals surface area contributed by atoms with E-state index >= 15 is 0 Å². The number of carbonyl (C=O) groups is 1. The van der Waals surface area contributed by atoms with Gasteiger partial charge in [-0.15, -0.1) is 5.10 Å². The number of aromatic nitrogens is 4. The Morgan fingerprint density at radius 2 is 2.06 bits per heavy atom. The van der Waals surface area contributed by atoms with Crippen LogP contribution in [0.4, 0.5) is 0 Å². The minimum Gasteiger partial charge on any atom is -0.477 e. The predicted octanol–water partition coefficient (Wildman–Crippen LogP) is 1.06. The molecule has 86 valence electrons. The van der Waals surface area contributed by atoms with Crippen LogP contribution >= 0.6 is 0 Å². The summed E-state index contributed by atoms with van der Waals surface area (Å²) in [7, 11) is 0. The zero-order chi connectivity index (χ0) is 12.3. The summed E-state index contributed by atoms with van der Waals surface area (Å²) in [6, 6.07) is 9.14. The molecule has 0 unspecified atom stereocenters. The lowest BCUT2D eigenvalue weighted by Gasteiger charge is -2.02. The van der Waals surface area contributed by atoms with Gasteiger partial charge in [0.15, 0.2) is 11.5 Å². The van der Waals surface area contributed by atoms with E-state index in [-0.39, 0.29) is 5.70 Å². The van der Waals surface area contributed by atoms with Gasteiger partial charge in [0.1, 0.15) is 0 Å². The SMILES string of the molecule is Cc1nnnn1C(=Cc1ccccc1)C(=O)O. The predicted molar refractivity (Wildman–Crippen MR) is 60.8 cm³/mol. The summed E-state index contributed by atoms with van der Waals surface area (Å²) in [5.41, 5.74) is 0.790. The monoisotopic (exact) mass is 230 g/mol. The van der Waals surface area contributed by atoms with E-state index in [4.69, 9.17) is 5.11 Å². The number of benzene rings is 1. The largest absolute Gasteiger partial charge is 0.477 e. The Labute approximate surface area is 97.2 Å². The van der Waals surface area contributed by atoms with Gasteiger partial charge in [0.05, 0.1) is 0 Å². The van der Waals surface area contributed by atoms with Crippen molar-refractivity contribution in [1.29, 1.82) is 0 Å². The highest BCUT2D eigenvalue weighted by Crippen LogP contribution is 2.11. The number of carboxylic acids is 1. The third-order valence-electron chi connectivity index (χ3n) is 2.18. The van der Waals surface area contributed by atoms with Crippen LogP contribution in [0.1, 0.15) is 11.4 Å². The first-order chi connectivity index (χ1) is 8.18. The fourth-order valence-corrected chi connectivity index (χ4v) is 1.37. The molecule has 6 heteroatoms. The lowest BCUT2D eigenvalue weighted by molar-refractivity contribution is -0.130. The molecular weight excluding hydrogens is 220 g/mol. The summed E-state index contributed by atoms with van der Waals surface area (Å²) >= 11 is 0. The molecule has 0 fully saturated rings. The van der Waals surface area contributed by atoms with Crippen molar-refractivity contribution < 1.29 is 9.90 Å². The Morgan fingerprint density at radius 3 is 2.59 bits per heavy atom. The molecule has 0 atom stereocenters. The van der Waals surface area contributed by atoms with E-state index in [1.165, 1.54) is 10.8 Å². The van der Waals surface area contributed by atoms with Crippen LogP contribution in [0, 0.1) is 6.92 Å². The maximum atomic E-state index is 11.2. The standard InChI is InChI=1S/C11H10N4O2/c1-8-12-13-14-15(8)10(11(16)17)7-9-5-3-2-4-6-9/h2-7H,1H3,(H,16,17). The highest BCUT2D eigenvalue weighted by molar-refractivity contribution is 6.14. The van der Waals surface area contributed by atoms with Crippen LogP contribution in [-0.4, -0.2) is 31.3 Å². The second-order valence-corrected chi connectivity index (χ2v) is 3.38. The van der Waals surface area contributed by atoms with Crippen molar-refractivity contribution in [3.63, 3.8) is 0 Å². The molecule has 0 saturated carbocycles. The number of aryl methyl sites for hydroxylation is 1. The summed E-state index contributed by atoms with van der Waals surface area (Å²) in [4.78, 5) is 11.2. The van der Waals surface area contributed by atoms with Gasteiger partial charge >= 0.3 is 5.97 Å². The number of hydrogen-bond acceptors (Lipinski definition) is 4. The van der Waals surface area contributed by atoms with Crippen molar-refractivity contribution in [3.8, 4) is 0 Å². The minimum atomic E-state index is -1.08. The van der Waals surface area contributed by atoms with Gasteiger partial charge in [0, 0.05) is 0 Å². The van der Waals surface area contributed by atoms with Crippen LogP contribution in [0.5, 0.6) is 0 Å². The summed E-state index contributed by atoms with van der Waals surface area (Å²) in [6.07, 6.45) is 1.52. The number of rotatable bonds is 3. The highest BCUT2D eigenvalue weighted by Gasteiger charge is 2.14. The van der Waals surface area contributed by atoms with Crippen LogP contribution in [0.2, 0.25) is 0 Å². The van der Waals surface area contributed by atoms with Gasteiger partial charge in [-0.2, -0.15) is 4.68 Å². The zero-order valence-corrected chi connectivity index (χ0v) is 9.11. The number of tetrazole rings is 1. The van der Waals surface area contributed by atoms with Crippen molar-refractivity contribution in [2.24, 2.45) is 0 Å². The normalized spacial score (nSPS) is 11.5. The quantitative estimate of drug-likeness (QED) is 0.797. The Balaban J connectivity index is 2.48. The summed E-state index contributed by atoms with van der Waals surface area (Å²) in [5, 5.41) is 19.9. The van der Waals surface area contributed by atoms with E-state index < -0.39 is 5.97 Å². The highest BCUT2D eigenvalue weighted by atomic mass is 16.4. The van der Waals surface area contributed by atoms with Gasteiger partial charge in [-0.25, -0.2) is 4.79 Å². The van der Waals surface area contributed by atoms with E-state index in [1.54, 1.807) is 6.92 Å². The zero-order valence-electron chi connectivity index (χ0n) is 9.11. The first-order valence-electron chi connectivity index (χ1n) is 4.94. The molecular formula is C11H10N4O2. The molecule has 0 aliphatic carbocycles. The van der Waals surface area contributed by atoms with E-state index in [0.29, 0.717) is 5.82 Å². The summed E-state index contributed by atoms with van der Waals surface area (Å²) in [6.45, 7) is 1.64. The average molecular weight is 230 g/mol. The number of carboxylic acid groups (broad SMARTS) is 1. The second-order valence-electron chi connectivity index (χ2n) is 3.38. The minimum absolute atomic E-state index is 0.0127. The molecule has 0 saturated heterocycles. The molecule has 1 N–H and O–H groups in total. The van der Waals surface area contributed by atoms with Crippen molar-refractivity contribution in [3.05, 3.63) is 41.7 Å². The molecule has 0 radical (unpaired) electrons. The topological polar surface area (TPSA) is 80.9 Å². The molecule has 0 bridgehead atoms. The molecule has 0 amide bonds. The lowest BCUT2D eigenvalue weighted by Crippen LogP contribution is -2.10.